The van der Waals surface area contributed by atoms with Crippen LogP contribution in [0.25, 0.3) is 10.9 Å². The fraction of sp³-hybridized carbons (Fsp3) is 0.261. The highest BCUT2D eigenvalue weighted by molar-refractivity contribution is 5.87. The van der Waals surface area contributed by atoms with Crippen LogP contribution < -0.4 is 0 Å². The summed E-state index contributed by atoms with van der Waals surface area (Å²) >= 11 is 0. The number of H-pyrrole nitrogens is 1. The molecule has 0 radical (unpaired) electrons. The highest BCUT2D eigenvalue weighted by atomic mass is 16.4. The standard InChI is InChI=1S/C23H22N4O3/c28-23(29)16-7-5-15(6-8-16)13-27-10-9-17(14-27)22-26-25-21(30-22)11-18-12-24-20-4-2-1-3-19(18)20/h1-8,12,17,24H,9-11,13-14H2,(H,28,29). The van der Waals surface area contributed by atoms with E-state index in [0.29, 0.717) is 23.8 Å². The van der Waals surface area contributed by atoms with Crippen molar-refractivity contribution in [3.05, 3.63) is 83.2 Å². The lowest BCUT2D eigenvalue weighted by molar-refractivity contribution is 0.0697. The van der Waals surface area contributed by atoms with Gasteiger partial charge in [-0.05, 0) is 42.3 Å². The number of aromatic carboxylic acids is 1. The largest absolute Gasteiger partial charge is 0.478 e. The van der Waals surface area contributed by atoms with Gasteiger partial charge >= 0.3 is 5.97 Å². The molecule has 1 fully saturated rings. The van der Waals surface area contributed by atoms with Gasteiger partial charge in [0, 0.05) is 30.2 Å². The molecule has 152 valence electrons. The van der Waals surface area contributed by atoms with E-state index in [4.69, 9.17) is 9.52 Å². The maximum Gasteiger partial charge on any atom is 0.335 e. The molecule has 5 rings (SSSR count). The zero-order chi connectivity index (χ0) is 20.5. The van der Waals surface area contributed by atoms with Gasteiger partial charge in [-0.2, -0.15) is 0 Å². The van der Waals surface area contributed by atoms with Crippen LogP contribution in [0.1, 0.15) is 45.6 Å². The van der Waals surface area contributed by atoms with Gasteiger partial charge in [0.05, 0.1) is 17.9 Å². The van der Waals surface area contributed by atoms with Crippen LogP contribution in [0, 0.1) is 0 Å². The molecule has 1 aliphatic rings. The molecule has 0 saturated carbocycles. The van der Waals surface area contributed by atoms with E-state index < -0.39 is 5.97 Å². The van der Waals surface area contributed by atoms with Crippen LogP contribution in [-0.2, 0) is 13.0 Å². The molecule has 0 aliphatic carbocycles. The van der Waals surface area contributed by atoms with Crippen LogP contribution in [-0.4, -0.2) is 44.2 Å². The van der Waals surface area contributed by atoms with E-state index in [2.05, 4.69) is 32.2 Å². The first-order chi connectivity index (χ1) is 14.7. The quantitative estimate of drug-likeness (QED) is 0.509. The molecule has 1 aliphatic heterocycles. The van der Waals surface area contributed by atoms with Crippen molar-refractivity contribution in [2.75, 3.05) is 13.1 Å². The number of rotatable bonds is 6. The van der Waals surface area contributed by atoms with Gasteiger partial charge in [-0.3, -0.25) is 4.90 Å². The van der Waals surface area contributed by atoms with Gasteiger partial charge in [-0.1, -0.05) is 30.3 Å². The molecule has 4 aromatic rings. The number of para-hydroxylation sites is 1. The van der Waals surface area contributed by atoms with E-state index >= 15 is 0 Å². The van der Waals surface area contributed by atoms with Crippen LogP contribution in [0.2, 0.25) is 0 Å². The number of carboxylic acids is 1. The number of nitrogens with one attached hydrogen (secondary N) is 1. The van der Waals surface area contributed by atoms with Crippen LogP contribution in [0.3, 0.4) is 0 Å². The van der Waals surface area contributed by atoms with E-state index in [1.807, 2.05) is 30.5 Å². The van der Waals surface area contributed by atoms with Crippen molar-refractivity contribution in [2.24, 2.45) is 0 Å². The molecule has 7 nitrogen and oxygen atoms in total. The molecule has 2 aromatic carbocycles. The predicted molar refractivity (Wildman–Crippen MR) is 111 cm³/mol. The van der Waals surface area contributed by atoms with Gasteiger partial charge in [0.2, 0.25) is 11.8 Å². The smallest absolute Gasteiger partial charge is 0.335 e. The Labute approximate surface area is 173 Å². The molecule has 30 heavy (non-hydrogen) atoms. The molecular formula is C23H22N4O3. The number of carbonyl (C=O) groups is 1. The van der Waals surface area contributed by atoms with Crippen molar-refractivity contribution in [1.82, 2.24) is 20.1 Å². The summed E-state index contributed by atoms with van der Waals surface area (Å²) in [5, 5.41) is 18.8. The zero-order valence-electron chi connectivity index (χ0n) is 16.4. The first-order valence-corrected chi connectivity index (χ1v) is 10.1. The number of aromatic amines is 1. The minimum Gasteiger partial charge on any atom is -0.478 e. The topological polar surface area (TPSA) is 95.2 Å². The summed E-state index contributed by atoms with van der Waals surface area (Å²) in [6, 6.07) is 15.3. The number of hydrogen-bond donors (Lipinski definition) is 2. The summed E-state index contributed by atoms with van der Waals surface area (Å²) in [7, 11) is 0. The monoisotopic (exact) mass is 402 g/mol. The molecular weight excluding hydrogens is 380 g/mol. The fourth-order valence-corrected chi connectivity index (χ4v) is 4.13. The summed E-state index contributed by atoms with van der Waals surface area (Å²) in [4.78, 5) is 16.6. The summed E-state index contributed by atoms with van der Waals surface area (Å²) in [5.74, 6) is 0.668. The van der Waals surface area contributed by atoms with Crippen LogP contribution in [0.4, 0.5) is 0 Å². The first-order valence-electron chi connectivity index (χ1n) is 10.1. The Hall–Kier alpha value is -3.45. The number of carboxylic acid groups (broad SMARTS) is 1. The van der Waals surface area contributed by atoms with Gasteiger partial charge in [0.1, 0.15) is 0 Å². The maximum atomic E-state index is 11.0. The molecule has 1 saturated heterocycles. The molecule has 2 N–H and O–H groups in total. The summed E-state index contributed by atoms with van der Waals surface area (Å²) < 4.78 is 6.00. The van der Waals surface area contributed by atoms with Gasteiger partial charge < -0.3 is 14.5 Å². The minimum atomic E-state index is -0.900. The lowest BCUT2D eigenvalue weighted by Gasteiger charge is -2.15. The Bertz CT molecular complexity index is 1180. The first kappa shape index (κ1) is 18.6. The van der Waals surface area contributed by atoms with Gasteiger partial charge in [0.15, 0.2) is 0 Å². The zero-order valence-corrected chi connectivity index (χ0v) is 16.4. The number of fused-ring (bicyclic) bond motifs is 1. The fourth-order valence-electron chi connectivity index (χ4n) is 4.13. The number of nitrogens with zero attached hydrogens (tertiary/aromatic N) is 3. The molecule has 1 atom stereocenters. The van der Waals surface area contributed by atoms with E-state index in [0.717, 1.165) is 42.7 Å². The Kier molecular flexibility index (Phi) is 4.80. The lowest BCUT2D eigenvalue weighted by atomic mass is 10.1. The summed E-state index contributed by atoms with van der Waals surface area (Å²) in [6.45, 7) is 2.59. The molecule has 0 spiro atoms. The Morgan fingerprint density at radius 3 is 2.83 bits per heavy atom. The Morgan fingerprint density at radius 2 is 2.00 bits per heavy atom. The SMILES string of the molecule is O=C(O)c1ccc(CN2CCC(c3nnc(Cc4c[nH]c5ccccc45)o3)C2)cc1. The molecule has 2 aromatic heterocycles. The second-order valence-corrected chi connectivity index (χ2v) is 7.79. The third-order valence-electron chi connectivity index (χ3n) is 5.73. The van der Waals surface area contributed by atoms with E-state index in [1.54, 1.807) is 12.1 Å². The lowest BCUT2D eigenvalue weighted by Crippen LogP contribution is -2.19. The second-order valence-electron chi connectivity index (χ2n) is 7.79. The third kappa shape index (κ3) is 3.71. The number of benzene rings is 2. The molecule has 0 amide bonds. The summed E-state index contributed by atoms with van der Waals surface area (Å²) in [5.41, 5.74) is 3.67. The highest BCUT2D eigenvalue weighted by Gasteiger charge is 2.28. The third-order valence-corrected chi connectivity index (χ3v) is 5.73. The summed E-state index contributed by atoms with van der Waals surface area (Å²) in [6.07, 6.45) is 3.59. The normalized spacial score (nSPS) is 17.0. The van der Waals surface area contributed by atoms with Crippen LogP contribution in [0.5, 0.6) is 0 Å². The van der Waals surface area contributed by atoms with Crippen molar-refractivity contribution in [2.45, 2.75) is 25.3 Å². The van der Waals surface area contributed by atoms with Crippen molar-refractivity contribution < 1.29 is 14.3 Å². The van der Waals surface area contributed by atoms with Crippen molar-refractivity contribution >= 4 is 16.9 Å². The van der Waals surface area contributed by atoms with Gasteiger partial charge in [-0.15, -0.1) is 10.2 Å². The maximum absolute atomic E-state index is 11.0. The van der Waals surface area contributed by atoms with Gasteiger partial charge in [-0.25, -0.2) is 4.79 Å². The van der Waals surface area contributed by atoms with Crippen molar-refractivity contribution in [3.8, 4) is 0 Å². The Morgan fingerprint density at radius 1 is 1.17 bits per heavy atom. The minimum absolute atomic E-state index is 0.229. The van der Waals surface area contributed by atoms with E-state index in [-0.39, 0.29) is 5.92 Å². The van der Waals surface area contributed by atoms with E-state index in [1.165, 1.54) is 5.39 Å². The molecule has 0 bridgehead atoms. The average molecular weight is 402 g/mol. The predicted octanol–water partition coefficient (Wildman–Crippen LogP) is 3.83. The van der Waals surface area contributed by atoms with Crippen molar-refractivity contribution in [1.29, 1.82) is 0 Å². The average Bonchev–Trinajstić information content (AvgIpc) is 3.49. The van der Waals surface area contributed by atoms with Crippen LogP contribution in [0.15, 0.2) is 59.1 Å². The second kappa shape index (κ2) is 7.76. The molecule has 3 heterocycles. The number of aromatic nitrogens is 3. The van der Waals surface area contributed by atoms with Gasteiger partial charge in [0.25, 0.3) is 0 Å². The molecule has 7 heteroatoms. The van der Waals surface area contributed by atoms with Crippen LogP contribution >= 0.6 is 0 Å². The number of likely N-dealkylation sites (tertiary alicyclic amines) is 1. The van der Waals surface area contributed by atoms with E-state index in [9.17, 15) is 4.79 Å². The van der Waals surface area contributed by atoms with Crippen molar-refractivity contribution in [3.63, 3.8) is 0 Å². The molecule has 1 unspecified atom stereocenters. The Balaban J connectivity index is 1.22. The highest BCUT2D eigenvalue weighted by Crippen LogP contribution is 2.28. The number of hydrogen-bond acceptors (Lipinski definition) is 5.